The van der Waals surface area contributed by atoms with Gasteiger partial charge >= 0.3 is 0 Å². The maximum Gasteiger partial charge on any atom is 0.235 e. The highest BCUT2D eigenvalue weighted by atomic mass is 35.5. The molecule has 1 aromatic rings. The van der Waals surface area contributed by atoms with Crippen LogP contribution in [0.5, 0.6) is 5.75 Å². The second-order valence-corrected chi connectivity index (χ2v) is 5.57. The second-order valence-electron chi connectivity index (χ2n) is 5.13. The summed E-state index contributed by atoms with van der Waals surface area (Å²) in [5.74, 6) is 0.382. The number of aromatic hydroxyl groups is 1. The molecule has 0 unspecified atom stereocenters. The number of hydrogen-bond acceptors (Lipinski definition) is 3. The third kappa shape index (κ3) is 2.05. The first kappa shape index (κ1) is 13.1. The predicted molar refractivity (Wildman–Crippen MR) is 70.9 cm³/mol. The summed E-state index contributed by atoms with van der Waals surface area (Å²) in [7, 11) is 0. The molecule has 0 spiro atoms. The molecular weight excluding hydrogens is 250 g/mol. The smallest absolute Gasteiger partial charge is 0.235 e. The van der Waals surface area contributed by atoms with Gasteiger partial charge in [0.25, 0.3) is 0 Å². The van der Waals surface area contributed by atoms with Crippen LogP contribution in [0, 0.1) is 0 Å². The summed E-state index contributed by atoms with van der Waals surface area (Å²) in [5.41, 5.74) is 0.846. The van der Waals surface area contributed by atoms with Gasteiger partial charge in [-0.1, -0.05) is 25.4 Å². The van der Waals surface area contributed by atoms with Crippen molar-refractivity contribution in [2.24, 2.45) is 4.99 Å². The highest BCUT2D eigenvalue weighted by molar-refractivity contribution is 6.30. The predicted octanol–water partition coefficient (Wildman–Crippen LogP) is 3.88. The lowest BCUT2D eigenvalue weighted by Gasteiger charge is -2.38. The molecule has 3 nitrogen and oxygen atoms in total. The lowest BCUT2D eigenvalue weighted by atomic mass is 9.71. The van der Waals surface area contributed by atoms with Gasteiger partial charge in [-0.15, -0.1) is 0 Å². The molecule has 0 amide bonds. The van der Waals surface area contributed by atoms with Crippen molar-refractivity contribution in [3.05, 3.63) is 28.3 Å². The molecular formula is C14H16ClNO2. The first-order valence-corrected chi connectivity index (χ1v) is 6.50. The molecule has 1 fully saturated rings. The Kier molecular flexibility index (Phi) is 3.47. The van der Waals surface area contributed by atoms with Crippen LogP contribution in [-0.4, -0.2) is 11.2 Å². The SMILES string of the molecule is CC(C)c1cc(Cl)cc(C2(N=C=O)CCC2)c1O. The van der Waals surface area contributed by atoms with Crippen molar-refractivity contribution in [2.75, 3.05) is 0 Å². The molecule has 0 atom stereocenters. The molecule has 0 aromatic heterocycles. The fraction of sp³-hybridized carbons (Fsp3) is 0.500. The van der Waals surface area contributed by atoms with Crippen LogP contribution in [0.2, 0.25) is 5.02 Å². The van der Waals surface area contributed by atoms with Crippen molar-refractivity contribution in [1.29, 1.82) is 0 Å². The van der Waals surface area contributed by atoms with Crippen molar-refractivity contribution in [1.82, 2.24) is 0 Å². The summed E-state index contributed by atoms with van der Waals surface area (Å²) >= 11 is 6.10. The molecule has 1 saturated carbocycles. The molecule has 0 saturated heterocycles. The van der Waals surface area contributed by atoms with Gasteiger partial charge in [0.2, 0.25) is 6.08 Å². The van der Waals surface area contributed by atoms with Gasteiger partial charge in [0.05, 0.1) is 0 Å². The second kappa shape index (κ2) is 4.75. The van der Waals surface area contributed by atoms with Gasteiger partial charge < -0.3 is 5.11 Å². The minimum atomic E-state index is -0.611. The van der Waals surface area contributed by atoms with Crippen LogP contribution in [0.1, 0.15) is 50.2 Å². The Hall–Kier alpha value is -1.31. The number of phenols is 1. The van der Waals surface area contributed by atoms with Crippen LogP contribution < -0.4 is 0 Å². The van der Waals surface area contributed by atoms with Crippen LogP contribution in [0.3, 0.4) is 0 Å². The summed E-state index contributed by atoms with van der Waals surface area (Å²) in [6, 6.07) is 3.48. The van der Waals surface area contributed by atoms with E-state index in [0.717, 1.165) is 24.8 Å². The van der Waals surface area contributed by atoms with Crippen LogP contribution in [0.25, 0.3) is 0 Å². The van der Waals surface area contributed by atoms with Crippen molar-refractivity contribution in [3.63, 3.8) is 0 Å². The van der Waals surface area contributed by atoms with E-state index in [1.807, 2.05) is 13.8 Å². The molecule has 1 aliphatic carbocycles. The van der Waals surface area contributed by atoms with Crippen LogP contribution in [-0.2, 0) is 10.3 Å². The Morgan fingerprint density at radius 2 is 2.11 bits per heavy atom. The maximum atomic E-state index is 10.6. The summed E-state index contributed by atoms with van der Waals surface area (Å²) in [5, 5.41) is 10.9. The topological polar surface area (TPSA) is 49.7 Å². The van der Waals surface area contributed by atoms with Crippen LogP contribution in [0.15, 0.2) is 17.1 Å². The molecule has 0 radical (unpaired) electrons. The highest BCUT2D eigenvalue weighted by Gasteiger charge is 2.41. The van der Waals surface area contributed by atoms with E-state index in [1.165, 1.54) is 0 Å². The summed E-state index contributed by atoms with van der Waals surface area (Å²) in [6.07, 6.45) is 4.13. The van der Waals surface area contributed by atoms with E-state index in [9.17, 15) is 9.90 Å². The zero-order valence-corrected chi connectivity index (χ0v) is 11.3. The Bertz CT molecular complexity index is 515. The van der Waals surface area contributed by atoms with Gasteiger partial charge in [0.1, 0.15) is 11.3 Å². The molecule has 1 aromatic carbocycles. The number of carbonyl (C=O) groups excluding carboxylic acids is 1. The van der Waals surface area contributed by atoms with E-state index < -0.39 is 5.54 Å². The Morgan fingerprint density at radius 1 is 1.44 bits per heavy atom. The molecule has 4 heteroatoms. The number of phenolic OH excluding ortho intramolecular Hbond substituents is 1. The van der Waals surface area contributed by atoms with Crippen LogP contribution >= 0.6 is 11.6 Å². The van der Waals surface area contributed by atoms with Gasteiger partial charge in [-0.05, 0) is 42.9 Å². The maximum absolute atomic E-state index is 10.6. The zero-order chi connectivity index (χ0) is 13.3. The van der Waals surface area contributed by atoms with Crippen molar-refractivity contribution >= 4 is 17.7 Å². The fourth-order valence-electron chi connectivity index (χ4n) is 2.46. The first-order chi connectivity index (χ1) is 8.50. The van der Waals surface area contributed by atoms with E-state index in [2.05, 4.69) is 4.99 Å². The molecule has 0 bridgehead atoms. The Balaban J connectivity index is 2.60. The van der Waals surface area contributed by atoms with Crippen molar-refractivity contribution in [3.8, 4) is 5.75 Å². The minimum Gasteiger partial charge on any atom is -0.507 e. The quantitative estimate of drug-likeness (QED) is 0.666. The number of halogens is 1. The number of nitrogens with zero attached hydrogens (tertiary/aromatic N) is 1. The average molecular weight is 266 g/mol. The first-order valence-electron chi connectivity index (χ1n) is 6.12. The number of benzene rings is 1. The fourth-order valence-corrected chi connectivity index (χ4v) is 2.68. The largest absolute Gasteiger partial charge is 0.507 e. The molecule has 2 rings (SSSR count). The van der Waals surface area contributed by atoms with Crippen molar-refractivity contribution in [2.45, 2.75) is 44.6 Å². The van der Waals surface area contributed by atoms with Crippen LogP contribution in [0.4, 0.5) is 0 Å². The lowest BCUT2D eigenvalue weighted by Crippen LogP contribution is -2.32. The van der Waals surface area contributed by atoms with E-state index in [0.29, 0.717) is 10.6 Å². The Labute approximate surface area is 111 Å². The van der Waals surface area contributed by atoms with Gasteiger partial charge in [0, 0.05) is 10.6 Å². The molecule has 1 N–H and O–H groups in total. The van der Waals surface area contributed by atoms with Gasteiger partial charge in [-0.25, -0.2) is 4.79 Å². The lowest BCUT2D eigenvalue weighted by molar-refractivity contribution is 0.247. The van der Waals surface area contributed by atoms with Gasteiger partial charge in [-0.2, -0.15) is 4.99 Å². The Morgan fingerprint density at radius 3 is 2.56 bits per heavy atom. The number of hydrogen-bond donors (Lipinski definition) is 1. The average Bonchev–Trinajstić information content (AvgIpc) is 2.26. The zero-order valence-electron chi connectivity index (χ0n) is 10.5. The third-order valence-corrected chi connectivity index (χ3v) is 3.89. The number of isocyanates is 1. The molecule has 0 aliphatic heterocycles. The summed E-state index contributed by atoms with van der Waals surface area (Å²) < 4.78 is 0. The van der Waals surface area contributed by atoms with E-state index in [1.54, 1.807) is 18.2 Å². The highest BCUT2D eigenvalue weighted by Crippen LogP contribution is 2.50. The van der Waals surface area contributed by atoms with E-state index >= 15 is 0 Å². The van der Waals surface area contributed by atoms with Gasteiger partial charge in [0.15, 0.2) is 0 Å². The number of aliphatic imine (C=N–C) groups is 1. The minimum absolute atomic E-state index is 0.166. The molecule has 0 heterocycles. The van der Waals surface area contributed by atoms with Gasteiger partial charge in [-0.3, -0.25) is 0 Å². The summed E-state index contributed by atoms with van der Waals surface area (Å²) in [4.78, 5) is 14.5. The van der Waals surface area contributed by atoms with E-state index in [-0.39, 0.29) is 11.7 Å². The number of rotatable bonds is 3. The summed E-state index contributed by atoms with van der Waals surface area (Å²) in [6.45, 7) is 3.98. The molecule has 18 heavy (non-hydrogen) atoms. The normalized spacial score (nSPS) is 17.1. The molecule has 1 aliphatic rings. The van der Waals surface area contributed by atoms with Crippen molar-refractivity contribution < 1.29 is 9.90 Å². The molecule has 96 valence electrons. The monoisotopic (exact) mass is 265 g/mol. The standard InChI is InChI=1S/C14H16ClNO2/c1-9(2)11-6-10(15)7-12(13(11)18)14(16-8-17)4-3-5-14/h6-7,9,18H,3-5H2,1-2H3. The van der Waals surface area contributed by atoms with E-state index in [4.69, 9.17) is 11.6 Å². The third-order valence-electron chi connectivity index (χ3n) is 3.67.